The van der Waals surface area contributed by atoms with Gasteiger partial charge < -0.3 is 9.47 Å². The van der Waals surface area contributed by atoms with Crippen LogP contribution >= 0.6 is 0 Å². The third-order valence-electron chi connectivity index (χ3n) is 3.17. The zero-order chi connectivity index (χ0) is 13.1. The van der Waals surface area contributed by atoms with E-state index in [2.05, 4.69) is 0 Å². The highest BCUT2D eigenvalue weighted by atomic mass is 16.6. The lowest BCUT2D eigenvalue weighted by molar-refractivity contribution is -0.156. The maximum atomic E-state index is 11.8. The van der Waals surface area contributed by atoms with Gasteiger partial charge >= 0.3 is 11.9 Å². The Labute approximate surface area is 106 Å². The topological polar surface area (TPSA) is 52.6 Å². The van der Waals surface area contributed by atoms with Crippen molar-refractivity contribution < 1.29 is 19.1 Å². The van der Waals surface area contributed by atoms with Gasteiger partial charge in [-0.25, -0.2) is 0 Å². The zero-order valence-electron chi connectivity index (χ0n) is 10.5. The summed E-state index contributed by atoms with van der Waals surface area (Å²) in [5.41, 5.74) is 0.908. The molecule has 0 radical (unpaired) electrons. The molecule has 1 aromatic carbocycles. The van der Waals surface area contributed by atoms with Gasteiger partial charge in [-0.05, 0) is 12.5 Å². The Balaban J connectivity index is 2.19. The van der Waals surface area contributed by atoms with Crippen LogP contribution in [0, 0.1) is 11.8 Å². The summed E-state index contributed by atoms with van der Waals surface area (Å²) in [5, 5.41) is 0. The number of rotatable bonds is 3. The van der Waals surface area contributed by atoms with Gasteiger partial charge in [0.2, 0.25) is 0 Å². The summed E-state index contributed by atoms with van der Waals surface area (Å²) in [5.74, 6) is -2.00. The molecule has 1 saturated heterocycles. The molecule has 0 amide bonds. The molecule has 0 spiro atoms. The molecule has 0 bridgehead atoms. The average molecular weight is 248 g/mol. The first-order valence-corrected chi connectivity index (χ1v) is 6.07. The molecule has 0 N–H and O–H groups in total. The second-order valence-corrected chi connectivity index (χ2v) is 4.36. The second-order valence-electron chi connectivity index (χ2n) is 4.36. The molecule has 3 atom stereocenters. The van der Waals surface area contributed by atoms with Gasteiger partial charge in [0.1, 0.15) is 6.10 Å². The van der Waals surface area contributed by atoms with Crippen molar-refractivity contribution in [3.05, 3.63) is 35.9 Å². The van der Waals surface area contributed by atoms with Crippen LogP contribution in [0.1, 0.15) is 25.5 Å². The third kappa shape index (κ3) is 2.23. The minimum Gasteiger partial charge on any atom is -0.465 e. The summed E-state index contributed by atoms with van der Waals surface area (Å²) in [6.45, 7) is 3.83. The fourth-order valence-electron chi connectivity index (χ4n) is 2.25. The maximum absolute atomic E-state index is 11.8. The Kier molecular flexibility index (Phi) is 3.65. The first-order valence-electron chi connectivity index (χ1n) is 6.07. The molecular formula is C14H16O4. The van der Waals surface area contributed by atoms with Gasteiger partial charge in [-0.3, -0.25) is 9.59 Å². The van der Waals surface area contributed by atoms with Crippen molar-refractivity contribution in [3.63, 3.8) is 0 Å². The van der Waals surface area contributed by atoms with Crippen molar-refractivity contribution >= 4 is 11.9 Å². The predicted molar refractivity (Wildman–Crippen MR) is 64.6 cm³/mol. The standard InChI is InChI=1S/C14H16O4/c1-3-17-13(15)11-9(2)12(18-14(11)16)10-7-5-4-6-8-10/h4-9,11-12H,3H2,1-2H3/t9-,11+,12-/m0/s1. The van der Waals surface area contributed by atoms with Crippen molar-refractivity contribution in [2.24, 2.45) is 11.8 Å². The molecule has 0 unspecified atom stereocenters. The quantitative estimate of drug-likeness (QED) is 0.607. The van der Waals surface area contributed by atoms with E-state index in [1.54, 1.807) is 6.92 Å². The molecule has 18 heavy (non-hydrogen) atoms. The fraction of sp³-hybridized carbons (Fsp3) is 0.429. The Morgan fingerprint density at radius 1 is 1.33 bits per heavy atom. The first-order chi connectivity index (χ1) is 8.65. The van der Waals surface area contributed by atoms with E-state index in [4.69, 9.17) is 9.47 Å². The van der Waals surface area contributed by atoms with Gasteiger partial charge in [-0.2, -0.15) is 0 Å². The maximum Gasteiger partial charge on any atom is 0.321 e. The Morgan fingerprint density at radius 3 is 2.61 bits per heavy atom. The molecule has 1 aliphatic rings. The number of carbonyl (C=O) groups excluding carboxylic acids is 2. The minimum atomic E-state index is -0.810. The number of benzene rings is 1. The van der Waals surface area contributed by atoms with Crippen LogP contribution in [0.2, 0.25) is 0 Å². The Bertz CT molecular complexity index is 440. The van der Waals surface area contributed by atoms with Crippen molar-refractivity contribution in [2.45, 2.75) is 20.0 Å². The molecule has 96 valence electrons. The molecular weight excluding hydrogens is 232 g/mol. The van der Waals surface area contributed by atoms with Crippen LogP contribution in [0.3, 0.4) is 0 Å². The van der Waals surface area contributed by atoms with Gasteiger partial charge in [0, 0.05) is 5.92 Å². The van der Waals surface area contributed by atoms with E-state index in [-0.39, 0.29) is 18.6 Å². The fourth-order valence-corrected chi connectivity index (χ4v) is 2.25. The largest absolute Gasteiger partial charge is 0.465 e. The van der Waals surface area contributed by atoms with E-state index in [1.807, 2.05) is 37.3 Å². The number of cyclic esters (lactones) is 1. The summed E-state index contributed by atoms with van der Waals surface area (Å²) in [4.78, 5) is 23.5. The highest BCUT2D eigenvalue weighted by Gasteiger charge is 2.47. The highest BCUT2D eigenvalue weighted by Crippen LogP contribution is 2.39. The van der Waals surface area contributed by atoms with Crippen molar-refractivity contribution in [1.82, 2.24) is 0 Å². The van der Waals surface area contributed by atoms with Crippen LogP contribution in [0.25, 0.3) is 0 Å². The molecule has 0 aliphatic carbocycles. The van der Waals surface area contributed by atoms with Crippen LogP contribution in [0.15, 0.2) is 30.3 Å². The predicted octanol–water partition coefficient (Wildman–Crippen LogP) is 2.10. The summed E-state index contributed by atoms with van der Waals surface area (Å²) >= 11 is 0. The van der Waals surface area contributed by atoms with Gasteiger partial charge in [0.05, 0.1) is 6.61 Å². The molecule has 4 nitrogen and oxygen atoms in total. The van der Waals surface area contributed by atoms with E-state index in [9.17, 15) is 9.59 Å². The second kappa shape index (κ2) is 5.21. The molecule has 1 aromatic rings. The van der Waals surface area contributed by atoms with Crippen LogP contribution < -0.4 is 0 Å². The minimum absolute atomic E-state index is 0.209. The molecule has 0 aromatic heterocycles. The van der Waals surface area contributed by atoms with Crippen LogP contribution in [-0.2, 0) is 19.1 Å². The summed E-state index contributed by atoms with van der Waals surface area (Å²) in [7, 11) is 0. The van der Waals surface area contributed by atoms with Crippen LogP contribution in [0.5, 0.6) is 0 Å². The third-order valence-corrected chi connectivity index (χ3v) is 3.17. The number of hydrogen-bond donors (Lipinski definition) is 0. The zero-order valence-corrected chi connectivity index (χ0v) is 10.5. The summed E-state index contributed by atoms with van der Waals surface area (Å²) in [6, 6.07) is 9.44. The normalized spacial score (nSPS) is 26.8. The number of ether oxygens (including phenoxy) is 2. The molecule has 2 rings (SSSR count). The monoisotopic (exact) mass is 248 g/mol. The number of esters is 2. The average Bonchev–Trinajstić information content (AvgIpc) is 2.66. The Morgan fingerprint density at radius 2 is 2.00 bits per heavy atom. The van der Waals surface area contributed by atoms with Crippen LogP contribution in [0.4, 0.5) is 0 Å². The van der Waals surface area contributed by atoms with Crippen molar-refractivity contribution in [2.75, 3.05) is 6.61 Å². The van der Waals surface area contributed by atoms with E-state index >= 15 is 0 Å². The first kappa shape index (κ1) is 12.6. The van der Waals surface area contributed by atoms with Gasteiger partial charge in [0.25, 0.3) is 0 Å². The molecule has 1 fully saturated rings. The molecule has 4 heteroatoms. The van der Waals surface area contributed by atoms with Gasteiger partial charge in [0.15, 0.2) is 5.92 Å². The van der Waals surface area contributed by atoms with E-state index in [0.717, 1.165) is 5.56 Å². The molecule has 0 saturated carbocycles. The summed E-state index contributed by atoms with van der Waals surface area (Å²) < 4.78 is 10.2. The smallest absolute Gasteiger partial charge is 0.321 e. The van der Waals surface area contributed by atoms with E-state index in [0.29, 0.717) is 0 Å². The number of carbonyl (C=O) groups is 2. The lowest BCUT2D eigenvalue weighted by atomic mass is 9.89. The highest BCUT2D eigenvalue weighted by molar-refractivity contribution is 5.96. The van der Waals surface area contributed by atoms with E-state index in [1.165, 1.54) is 0 Å². The SMILES string of the molecule is CCOC(=O)[C@@H]1C(=O)O[C@H](c2ccccc2)[C@H]1C. The van der Waals surface area contributed by atoms with Crippen LogP contribution in [-0.4, -0.2) is 18.5 Å². The molecule has 1 heterocycles. The van der Waals surface area contributed by atoms with E-state index < -0.39 is 17.9 Å². The number of hydrogen-bond acceptors (Lipinski definition) is 4. The van der Waals surface area contributed by atoms with Gasteiger partial charge in [-0.1, -0.05) is 37.3 Å². The lowest BCUT2D eigenvalue weighted by Gasteiger charge is -2.15. The lowest BCUT2D eigenvalue weighted by Crippen LogP contribution is -2.26. The van der Waals surface area contributed by atoms with Crippen molar-refractivity contribution in [1.29, 1.82) is 0 Å². The summed E-state index contributed by atoms with van der Waals surface area (Å²) in [6.07, 6.45) is -0.367. The van der Waals surface area contributed by atoms with Crippen molar-refractivity contribution in [3.8, 4) is 0 Å². The Hall–Kier alpha value is -1.84. The van der Waals surface area contributed by atoms with Gasteiger partial charge in [-0.15, -0.1) is 0 Å². The molecule has 1 aliphatic heterocycles.